The molecule has 119 heavy (non-hydrogen) atoms. The molecule has 0 atom stereocenters. The van der Waals surface area contributed by atoms with Gasteiger partial charge in [0.1, 0.15) is 31.6 Å². The molecule has 0 radical (unpaired) electrons. The van der Waals surface area contributed by atoms with E-state index < -0.39 is 48.2 Å². The Balaban J connectivity index is 0.000000155. The fraction of sp³-hybridized carbons (Fsp3) is 0.250. The summed E-state index contributed by atoms with van der Waals surface area (Å²) in [5, 5.41) is 19.2. The van der Waals surface area contributed by atoms with Crippen molar-refractivity contribution in [3.05, 3.63) is 224 Å². The maximum atomic E-state index is 13.3. The zero-order valence-electron chi connectivity index (χ0n) is 62.6. The fourth-order valence-corrected chi connectivity index (χ4v) is 20.9. The Morgan fingerprint density at radius 1 is 0.361 bits per heavy atom. The summed E-state index contributed by atoms with van der Waals surface area (Å²) in [4.78, 5) is 97.2. The van der Waals surface area contributed by atoms with Gasteiger partial charge in [-0.15, -0.1) is 34.0 Å². The van der Waals surface area contributed by atoms with Gasteiger partial charge in [-0.2, -0.15) is 0 Å². The maximum absolute atomic E-state index is 13.3. The van der Waals surface area contributed by atoms with Gasteiger partial charge in [-0.1, -0.05) is 76.0 Å². The number of nitrogens with one attached hydrogen (secondary N) is 9. The summed E-state index contributed by atoms with van der Waals surface area (Å²) in [6.45, 7) is 13.1. The molecule has 6 amide bonds. The van der Waals surface area contributed by atoms with Crippen LogP contribution in [0.1, 0.15) is 32.1 Å². The summed E-state index contributed by atoms with van der Waals surface area (Å²) in [6.07, 6.45) is 10.5. The van der Waals surface area contributed by atoms with Crippen LogP contribution in [0.25, 0.3) is 49.8 Å². The number of piperidine rings is 1. The van der Waals surface area contributed by atoms with Crippen LogP contribution in [-0.4, -0.2) is 178 Å². The lowest BCUT2D eigenvalue weighted by Crippen LogP contribution is -2.39. The van der Waals surface area contributed by atoms with Gasteiger partial charge in [-0.3, -0.25) is 33.0 Å². The van der Waals surface area contributed by atoms with E-state index >= 15 is 0 Å². The molecule has 0 unspecified atom stereocenters. The van der Waals surface area contributed by atoms with Crippen molar-refractivity contribution in [3.8, 4) is 17.1 Å². The van der Waals surface area contributed by atoms with Crippen LogP contribution in [0.5, 0.6) is 0 Å². The Morgan fingerprint density at radius 2 is 0.647 bits per heavy atom. The highest BCUT2D eigenvalue weighted by atomic mass is 35.5. The van der Waals surface area contributed by atoms with Gasteiger partial charge in [0, 0.05) is 86.5 Å². The number of halogens is 6. The number of nitrogens with zero attached hydrogens (tertiary/aromatic N) is 9. The number of likely N-dealkylation sites (tertiary alicyclic amines) is 2. The number of hydrogen-bond donors (Lipinski definition) is 9. The topological polar surface area (TPSA) is 386 Å². The van der Waals surface area contributed by atoms with Crippen molar-refractivity contribution in [1.29, 1.82) is 0 Å². The van der Waals surface area contributed by atoms with Gasteiger partial charge >= 0.3 is 18.1 Å². The quantitative estimate of drug-likeness (QED) is 0.0271. The summed E-state index contributed by atoms with van der Waals surface area (Å²) in [6, 6.07) is 34.8. The summed E-state index contributed by atoms with van der Waals surface area (Å²) in [5.74, 6) is 0. The third-order valence-electron chi connectivity index (χ3n) is 18.8. The molecule has 0 spiro atoms. The van der Waals surface area contributed by atoms with Gasteiger partial charge in [0.15, 0.2) is 0 Å². The second-order valence-electron chi connectivity index (χ2n) is 27.0. The number of aromatic nitrogens is 6. The minimum Gasteiger partial charge on any atom is -0.384 e. The molecule has 31 nitrogen and oxygen atoms in total. The third-order valence-corrected chi connectivity index (χ3v) is 28.9. The number of carbonyl (C=O) groups is 3. The van der Waals surface area contributed by atoms with Crippen LogP contribution in [0.15, 0.2) is 192 Å². The zero-order chi connectivity index (χ0) is 84.1. The molecule has 3 fully saturated rings. The van der Waals surface area contributed by atoms with Crippen molar-refractivity contribution >= 4 is 219 Å². The number of morpholine rings is 1. The van der Waals surface area contributed by atoms with Crippen molar-refractivity contribution in [1.82, 2.24) is 57.5 Å². The van der Waals surface area contributed by atoms with E-state index in [4.69, 9.17) is 74.3 Å². The number of thiophene rings is 3. The van der Waals surface area contributed by atoms with E-state index in [-0.39, 0.29) is 74.4 Å². The summed E-state index contributed by atoms with van der Waals surface area (Å²) in [7, 11) is -12.2. The molecular weight excluding hydrogens is 1780 g/mol. The molecule has 3 aliphatic heterocycles. The van der Waals surface area contributed by atoms with E-state index in [2.05, 4.69) is 61.6 Å². The van der Waals surface area contributed by atoms with Crippen LogP contribution in [0.3, 0.4) is 0 Å². The molecule has 3 saturated heterocycles. The number of anilines is 6. The number of carbonyl (C=O) groups excluding carboxylic acids is 3. The number of ether oxygens (including phenoxy) is 1. The average Bonchev–Trinajstić information content (AvgIpc) is 1.64. The van der Waals surface area contributed by atoms with Crippen LogP contribution in [0, 0.1) is 0 Å². The Morgan fingerprint density at radius 3 is 0.933 bits per heavy atom. The lowest BCUT2D eigenvalue weighted by Gasteiger charge is -2.26. The van der Waals surface area contributed by atoms with E-state index in [0.717, 1.165) is 143 Å². The number of sulfonamides is 3. The largest absolute Gasteiger partial charge is 0.384 e. The van der Waals surface area contributed by atoms with E-state index in [9.17, 15) is 54.0 Å². The van der Waals surface area contributed by atoms with Crippen molar-refractivity contribution in [2.75, 3.05) is 124 Å². The number of hydrogen-bond acceptors (Lipinski definition) is 25. The number of benzene rings is 6. The van der Waals surface area contributed by atoms with Crippen molar-refractivity contribution in [2.45, 2.75) is 44.7 Å². The molecule has 624 valence electrons. The van der Waals surface area contributed by atoms with Crippen LogP contribution < -0.4 is 62.7 Å². The lowest BCUT2D eigenvalue weighted by atomic mass is 10.1. The van der Waals surface area contributed by atoms with Crippen molar-refractivity contribution in [3.63, 3.8) is 0 Å². The molecule has 9 N–H and O–H groups in total. The Labute approximate surface area is 723 Å². The molecule has 6 aromatic heterocycles. The van der Waals surface area contributed by atoms with Gasteiger partial charge in [0.2, 0.25) is 0 Å². The predicted molar refractivity (Wildman–Crippen MR) is 472 cm³/mol. The highest BCUT2D eigenvalue weighted by molar-refractivity contribution is 7.93. The first kappa shape index (κ1) is 87.3. The Kier molecular flexibility index (Phi) is 28.9. The molecule has 12 aromatic rings. The third kappa shape index (κ3) is 22.8. The molecule has 0 bridgehead atoms. The highest BCUT2D eigenvalue weighted by Gasteiger charge is 2.25. The van der Waals surface area contributed by atoms with Gasteiger partial charge in [0.05, 0.1) is 91.1 Å². The number of rotatable bonds is 24. The molecule has 3 aliphatic rings. The molecule has 9 heterocycles. The van der Waals surface area contributed by atoms with Crippen molar-refractivity contribution < 1.29 is 44.4 Å². The summed E-state index contributed by atoms with van der Waals surface area (Å²) < 4.78 is 89.6. The molecule has 43 heteroatoms. The first-order valence-electron chi connectivity index (χ1n) is 36.8. The van der Waals surface area contributed by atoms with Crippen LogP contribution in [-0.2, 0) is 34.8 Å². The van der Waals surface area contributed by atoms with Crippen LogP contribution in [0.4, 0.5) is 48.5 Å². The van der Waals surface area contributed by atoms with Gasteiger partial charge in [-0.25, -0.2) is 68.8 Å². The second kappa shape index (κ2) is 39.3. The van der Waals surface area contributed by atoms with E-state index in [0.29, 0.717) is 49.8 Å². The second-order valence-corrected chi connectivity index (χ2v) is 39.1. The predicted octanol–water partition coefficient (Wildman–Crippen LogP) is 13.9. The number of amides is 6. The van der Waals surface area contributed by atoms with E-state index in [1.807, 2.05) is 50.6 Å². The molecular formula is C76H74Cl6N18O13S6. The molecule has 15 rings (SSSR count). The SMILES string of the molecule is O=C(Nc1ccc(-n2cnc3cc(NCCN4CCCC4)ccc3c2=O)c(Cl)c1)NS(=O)(=O)c1ccc(Cl)s1.O=C(Nc1ccc(-n2cnc3cc(NCCN4CCCCC4)ccc3c2=O)c(Cl)c1)NS(=O)(=O)c1ccc(Cl)s1.O=C(Nc1ccc(-n2cnc3cc(NCCN4CCOCC4)ccc3c2=O)c(Cl)c1)NS(=O)(=O)c1ccc(Cl)s1. The van der Waals surface area contributed by atoms with Crippen LogP contribution in [0.2, 0.25) is 28.1 Å². The Hall–Kier alpha value is -9.52. The highest BCUT2D eigenvalue weighted by Crippen LogP contribution is 2.32. The lowest BCUT2D eigenvalue weighted by molar-refractivity contribution is 0.0398. The van der Waals surface area contributed by atoms with Gasteiger partial charge in [-0.05, 0) is 197 Å². The fourth-order valence-electron chi connectivity index (χ4n) is 13.0. The van der Waals surface area contributed by atoms with Gasteiger partial charge < -0.3 is 46.4 Å². The summed E-state index contributed by atoms with van der Waals surface area (Å²) >= 11 is 39.1. The minimum atomic E-state index is -4.09. The normalized spacial score (nSPS) is 14.2. The first-order chi connectivity index (χ1) is 57.1. The minimum absolute atomic E-state index is 0.0930. The number of urea groups is 3. The standard InChI is InChI=1S/C26H26Cl2N6O4S2.C25H24Cl2N6O5S2.C25H24Cl2N6O4S2/c27-20-14-18(31-26(36)32-40(37,38)24-9-8-23(28)39-24)5-7-22(20)34-16-30-21-15-17(4-6-19(21)25(34)35)29-10-13-33-11-2-1-3-12-33;26-19-13-17(30-25(35)31-40(36,37)23-6-5-22(27)39-23)2-4-21(19)33-15-29-20-14-16(1-3-18(20)24(33)34)28-7-8-32-9-11-38-12-10-32;26-19-13-17(30-25(35)31-39(36,37)23-8-7-22(27)38-23)4-6-21(19)33-15-29-20-14-16(3-5-18(20)24(33)34)28-9-12-32-10-1-2-11-32/h4-9,14-16,29H,1-3,10-13H2,(H2,31,32,36);1-6,13-15,28H,7-12H2,(H2,30,31,35);3-8,13-15,28H,1-2,9-12H2,(H2,30,31,35). The molecule has 0 aliphatic carbocycles. The van der Waals surface area contributed by atoms with Crippen molar-refractivity contribution in [2.24, 2.45) is 0 Å². The van der Waals surface area contributed by atoms with Crippen LogP contribution >= 0.6 is 104 Å². The molecule has 6 aromatic carbocycles. The smallest absolute Gasteiger partial charge is 0.333 e. The van der Waals surface area contributed by atoms with E-state index in [1.54, 1.807) is 18.2 Å². The first-order valence-corrected chi connectivity index (χ1v) is 45.9. The number of fused-ring (bicyclic) bond motifs is 3. The zero-order valence-corrected chi connectivity index (χ0v) is 72.0. The van der Waals surface area contributed by atoms with E-state index in [1.165, 1.54) is 156 Å². The molecule has 0 saturated carbocycles. The monoisotopic (exact) mass is 1850 g/mol. The Bertz CT molecular complexity index is 6090. The van der Waals surface area contributed by atoms with Gasteiger partial charge in [0.25, 0.3) is 46.7 Å². The maximum Gasteiger partial charge on any atom is 0.333 e. The average molecular weight is 1850 g/mol. The summed E-state index contributed by atoms with van der Waals surface area (Å²) in [5.41, 5.74) is 5.13.